The Morgan fingerprint density at radius 2 is 2.00 bits per heavy atom. The van der Waals surface area contributed by atoms with Gasteiger partial charge in [-0.3, -0.25) is 0 Å². The number of hydrogen-bond acceptors (Lipinski definition) is 2. The molecular formula is C15H29N2O+. The van der Waals surface area contributed by atoms with Crippen molar-refractivity contribution < 1.29 is 9.28 Å². The summed E-state index contributed by atoms with van der Waals surface area (Å²) in [7, 11) is 2.15. The van der Waals surface area contributed by atoms with Gasteiger partial charge in [-0.25, -0.2) is 14.6 Å². The van der Waals surface area contributed by atoms with Crippen LogP contribution in [0, 0.1) is 5.92 Å². The van der Waals surface area contributed by atoms with E-state index in [1.54, 1.807) is 0 Å². The lowest BCUT2D eigenvalue weighted by atomic mass is 9.80. The predicted molar refractivity (Wildman–Crippen MR) is 73.9 cm³/mol. The molecule has 2 aliphatic rings. The molecule has 1 heterocycles. The van der Waals surface area contributed by atoms with Crippen LogP contribution in [0.15, 0.2) is 0 Å². The molecule has 1 aliphatic heterocycles. The van der Waals surface area contributed by atoms with Crippen LogP contribution < -0.4 is 5.32 Å². The Labute approximate surface area is 112 Å². The summed E-state index contributed by atoms with van der Waals surface area (Å²) in [6.45, 7) is 10.8. The Hall–Kier alpha value is -0.410. The molecule has 0 aromatic heterocycles. The monoisotopic (exact) mass is 253 g/mol. The normalized spacial score (nSPS) is 43.9. The number of nitrogens with zero attached hydrogens (tertiary/aromatic N) is 1. The molecule has 3 heteroatoms. The van der Waals surface area contributed by atoms with Crippen LogP contribution in [0.3, 0.4) is 0 Å². The standard InChI is InChI=1S/C15H29N2O/c1-11(2)17(6)13(18)14(4,5)16-15(17)9-7-8-12(3)10-15/h11-12,16H,7-10H2,1-6H3/q+1. The molecule has 1 aliphatic carbocycles. The molecule has 3 atom stereocenters. The molecule has 0 bridgehead atoms. The zero-order chi connectivity index (χ0) is 13.8. The van der Waals surface area contributed by atoms with Gasteiger partial charge in [0.05, 0.1) is 13.1 Å². The number of quaternary nitrogens is 1. The summed E-state index contributed by atoms with van der Waals surface area (Å²) in [6, 6.07) is 0.331. The number of nitrogens with one attached hydrogen (secondary N) is 1. The lowest BCUT2D eigenvalue weighted by molar-refractivity contribution is -0.905. The molecule has 3 unspecified atom stereocenters. The fourth-order valence-corrected chi connectivity index (χ4v) is 4.31. The zero-order valence-electron chi connectivity index (χ0n) is 12.8. The van der Waals surface area contributed by atoms with E-state index in [4.69, 9.17) is 0 Å². The second-order valence-corrected chi connectivity index (χ2v) is 7.46. The van der Waals surface area contributed by atoms with E-state index in [2.05, 4.69) is 33.1 Å². The van der Waals surface area contributed by atoms with Crippen molar-refractivity contribution in [2.24, 2.45) is 5.92 Å². The first-order valence-corrected chi connectivity index (χ1v) is 7.36. The van der Waals surface area contributed by atoms with E-state index >= 15 is 0 Å². The Morgan fingerprint density at radius 3 is 2.50 bits per heavy atom. The fraction of sp³-hybridized carbons (Fsp3) is 0.933. The summed E-state index contributed by atoms with van der Waals surface area (Å²) in [5.41, 5.74) is -0.428. The van der Waals surface area contributed by atoms with E-state index in [1.807, 2.05) is 13.8 Å². The lowest BCUT2D eigenvalue weighted by Gasteiger charge is -2.49. The minimum absolute atomic E-state index is 0.0353. The molecule has 3 nitrogen and oxygen atoms in total. The third-order valence-corrected chi connectivity index (χ3v) is 5.40. The van der Waals surface area contributed by atoms with Crippen molar-refractivity contribution in [1.82, 2.24) is 5.32 Å². The molecule has 0 aromatic carbocycles. The maximum atomic E-state index is 12.9. The quantitative estimate of drug-likeness (QED) is 0.728. The van der Waals surface area contributed by atoms with Gasteiger partial charge in [0.2, 0.25) is 0 Å². The summed E-state index contributed by atoms with van der Waals surface area (Å²) < 4.78 is 0.560. The maximum Gasteiger partial charge on any atom is 0.335 e. The SMILES string of the molecule is CC1CCCC2(C1)NC(C)(C)C(=O)[N+]2(C)C(C)C. The average molecular weight is 253 g/mol. The van der Waals surface area contributed by atoms with Gasteiger partial charge >= 0.3 is 5.91 Å². The molecule has 1 amide bonds. The average Bonchev–Trinajstić information content (AvgIpc) is 2.38. The molecule has 104 valence electrons. The van der Waals surface area contributed by atoms with Crippen molar-refractivity contribution in [3.63, 3.8) is 0 Å². The number of amides is 1. The summed E-state index contributed by atoms with van der Waals surface area (Å²) in [4.78, 5) is 12.9. The molecule has 0 radical (unpaired) electrons. The number of hydrogen-bond donors (Lipinski definition) is 1. The van der Waals surface area contributed by atoms with Crippen molar-refractivity contribution in [3.8, 4) is 0 Å². The van der Waals surface area contributed by atoms with Crippen molar-refractivity contribution in [2.75, 3.05) is 7.05 Å². The van der Waals surface area contributed by atoms with Crippen LogP contribution in [0.1, 0.15) is 60.3 Å². The highest BCUT2D eigenvalue weighted by atomic mass is 16.2. The lowest BCUT2D eigenvalue weighted by Crippen LogP contribution is -2.68. The van der Waals surface area contributed by atoms with Gasteiger partial charge in [0.1, 0.15) is 5.54 Å². The van der Waals surface area contributed by atoms with E-state index < -0.39 is 5.54 Å². The highest BCUT2D eigenvalue weighted by Gasteiger charge is 2.67. The molecule has 2 rings (SSSR count). The van der Waals surface area contributed by atoms with Crippen molar-refractivity contribution in [3.05, 3.63) is 0 Å². The van der Waals surface area contributed by atoms with Gasteiger partial charge < -0.3 is 0 Å². The van der Waals surface area contributed by atoms with Crippen molar-refractivity contribution in [1.29, 1.82) is 0 Å². The molecular weight excluding hydrogens is 224 g/mol. The van der Waals surface area contributed by atoms with Gasteiger partial charge in [-0.15, -0.1) is 0 Å². The van der Waals surface area contributed by atoms with E-state index in [0.717, 1.165) is 12.8 Å². The summed E-state index contributed by atoms with van der Waals surface area (Å²) in [6.07, 6.45) is 4.78. The topological polar surface area (TPSA) is 29.1 Å². The minimum atomic E-state index is -0.393. The zero-order valence-corrected chi connectivity index (χ0v) is 12.8. The van der Waals surface area contributed by atoms with Gasteiger partial charge in [-0.05, 0) is 40.0 Å². The van der Waals surface area contributed by atoms with E-state index in [0.29, 0.717) is 22.3 Å². The van der Waals surface area contributed by atoms with Crippen LogP contribution in [0.5, 0.6) is 0 Å². The summed E-state index contributed by atoms with van der Waals surface area (Å²) >= 11 is 0. The van der Waals surface area contributed by atoms with Crippen LogP contribution in [-0.4, -0.2) is 34.7 Å². The van der Waals surface area contributed by atoms with Gasteiger partial charge in [0.25, 0.3) is 0 Å². The Bertz CT molecular complexity index is 364. The van der Waals surface area contributed by atoms with Gasteiger partial charge in [-0.1, -0.05) is 13.3 Å². The maximum absolute atomic E-state index is 12.9. The van der Waals surface area contributed by atoms with E-state index in [1.165, 1.54) is 12.8 Å². The smallest absolute Gasteiger partial charge is 0.247 e. The second-order valence-electron chi connectivity index (χ2n) is 7.46. The molecule has 1 spiro atoms. The molecule has 18 heavy (non-hydrogen) atoms. The molecule has 1 saturated carbocycles. The summed E-state index contributed by atoms with van der Waals surface area (Å²) in [5, 5.41) is 3.72. The van der Waals surface area contributed by atoms with E-state index in [9.17, 15) is 4.79 Å². The molecule has 1 saturated heterocycles. The fourth-order valence-electron chi connectivity index (χ4n) is 4.31. The van der Waals surface area contributed by atoms with Crippen LogP contribution >= 0.6 is 0 Å². The predicted octanol–water partition coefficient (Wildman–Crippen LogP) is 2.66. The third-order valence-electron chi connectivity index (χ3n) is 5.40. The molecule has 1 N–H and O–H groups in total. The van der Waals surface area contributed by atoms with Crippen LogP contribution in [-0.2, 0) is 4.79 Å². The Morgan fingerprint density at radius 1 is 1.39 bits per heavy atom. The Kier molecular flexibility index (Phi) is 3.14. The van der Waals surface area contributed by atoms with Crippen LogP contribution in [0.4, 0.5) is 0 Å². The molecule has 2 fully saturated rings. The van der Waals surface area contributed by atoms with Crippen molar-refractivity contribution in [2.45, 2.75) is 77.5 Å². The number of carbonyl (C=O) groups is 1. The molecule has 0 aromatic rings. The highest BCUT2D eigenvalue weighted by molar-refractivity contribution is 5.82. The summed E-state index contributed by atoms with van der Waals surface area (Å²) in [5.74, 6) is 1.07. The van der Waals surface area contributed by atoms with Crippen LogP contribution in [0.25, 0.3) is 0 Å². The second kappa shape index (κ2) is 4.04. The Balaban J connectivity index is 2.48. The van der Waals surface area contributed by atoms with Gasteiger partial charge in [0, 0.05) is 12.8 Å². The minimum Gasteiger partial charge on any atom is -0.247 e. The third kappa shape index (κ3) is 1.67. The highest BCUT2D eigenvalue weighted by Crippen LogP contribution is 2.46. The first kappa shape index (κ1) is 14.0. The number of rotatable bonds is 1. The largest absolute Gasteiger partial charge is 0.335 e. The first-order valence-electron chi connectivity index (χ1n) is 7.36. The first-order chi connectivity index (χ1) is 8.16. The van der Waals surface area contributed by atoms with E-state index in [-0.39, 0.29) is 5.66 Å². The van der Waals surface area contributed by atoms with Crippen molar-refractivity contribution >= 4 is 5.91 Å². The van der Waals surface area contributed by atoms with Crippen LogP contribution in [0.2, 0.25) is 0 Å². The van der Waals surface area contributed by atoms with Gasteiger partial charge in [0.15, 0.2) is 5.66 Å². The number of likely N-dealkylation sites (N-methyl/N-ethyl adjacent to an activating group) is 1. The number of carbonyl (C=O) groups excluding carboxylic acids is 1. The van der Waals surface area contributed by atoms with Gasteiger partial charge in [-0.2, -0.15) is 0 Å².